The van der Waals surface area contributed by atoms with Gasteiger partial charge in [0.15, 0.2) is 0 Å². The molecular weight excluding hydrogens is 521 g/mol. The molecule has 1 N–H and O–H groups in total. The fraction of sp³-hybridized carbons (Fsp3) is 0.462. The number of aryl methyl sites for hydroxylation is 2. The second kappa shape index (κ2) is 12.8. The van der Waals surface area contributed by atoms with E-state index in [-0.39, 0.29) is 18.5 Å². The summed E-state index contributed by atoms with van der Waals surface area (Å²) in [6, 6.07) is 9.40. The predicted molar refractivity (Wildman–Crippen MR) is 147 cm³/mol. The molecule has 2 aromatic rings. The van der Waals surface area contributed by atoms with Gasteiger partial charge in [0.2, 0.25) is 21.8 Å². The topological polar surface area (TPSA) is 86.8 Å². The van der Waals surface area contributed by atoms with Crippen molar-refractivity contribution in [3.05, 3.63) is 63.1 Å². The predicted octanol–water partition coefficient (Wildman–Crippen LogP) is 5.10. The Kier molecular flexibility index (Phi) is 10.6. The maximum absolute atomic E-state index is 13.8. The zero-order valence-corrected chi connectivity index (χ0v) is 24.0. The quantitative estimate of drug-likeness (QED) is 0.418. The molecule has 0 aliphatic heterocycles. The summed E-state index contributed by atoms with van der Waals surface area (Å²) < 4.78 is 26.6. The van der Waals surface area contributed by atoms with Crippen LogP contribution >= 0.6 is 23.2 Å². The van der Waals surface area contributed by atoms with E-state index in [2.05, 4.69) is 5.32 Å². The minimum absolute atomic E-state index is 0.0474. The Morgan fingerprint density at radius 3 is 2.14 bits per heavy atom. The van der Waals surface area contributed by atoms with Crippen molar-refractivity contribution in [3.8, 4) is 0 Å². The molecule has 0 aliphatic carbocycles. The zero-order chi connectivity index (χ0) is 27.2. The van der Waals surface area contributed by atoms with Gasteiger partial charge in [-0.3, -0.25) is 13.9 Å². The number of halogens is 2. The minimum atomic E-state index is -3.81. The lowest BCUT2D eigenvalue weighted by Gasteiger charge is -2.34. The van der Waals surface area contributed by atoms with E-state index >= 15 is 0 Å². The Morgan fingerprint density at radius 1 is 1.03 bits per heavy atom. The fourth-order valence-corrected chi connectivity index (χ4v) is 5.32. The van der Waals surface area contributed by atoms with Crippen LogP contribution in [0.25, 0.3) is 0 Å². The maximum Gasteiger partial charge on any atom is 0.244 e. The average Bonchev–Trinajstić information content (AvgIpc) is 2.78. The molecule has 0 saturated carbocycles. The number of hydrogen-bond donors (Lipinski definition) is 1. The second-order valence-electron chi connectivity index (χ2n) is 9.02. The summed E-state index contributed by atoms with van der Waals surface area (Å²) in [7, 11) is -3.81. The van der Waals surface area contributed by atoms with E-state index in [4.69, 9.17) is 23.2 Å². The number of amides is 2. The molecule has 0 aliphatic rings. The van der Waals surface area contributed by atoms with Crippen molar-refractivity contribution in [2.24, 2.45) is 0 Å². The van der Waals surface area contributed by atoms with Gasteiger partial charge in [0.05, 0.1) is 11.9 Å². The summed E-state index contributed by atoms with van der Waals surface area (Å²) in [5, 5.41) is 3.64. The van der Waals surface area contributed by atoms with Gasteiger partial charge < -0.3 is 10.2 Å². The van der Waals surface area contributed by atoms with E-state index in [1.807, 2.05) is 26.8 Å². The number of hydrogen-bond acceptors (Lipinski definition) is 4. The Hall–Kier alpha value is -2.29. The highest BCUT2D eigenvalue weighted by atomic mass is 35.5. The summed E-state index contributed by atoms with van der Waals surface area (Å²) in [4.78, 5) is 28.4. The molecule has 2 aromatic carbocycles. The van der Waals surface area contributed by atoms with Crippen molar-refractivity contribution < 1.29 is 18.0 Å². The molecular formula is C26H35Cl2N3O4S. The van der Waals surface area contributed by atoms with Crippen LogP contribution in [0.5, 0.6) is 0 Å². The van der Waals surface area contributed by atoms with Crippen LogP contribution in [0.2, 0.25) is 10.0 Å². The Morgan fingerprint density at radius 2 is 1.64 bits per heavy atom. The zero-order valence-electron chi connectivity index (χ0n) is 21.6. The van der Waals surface area contributed by atoms with Crippen LogP contribution in [0.4, 0.5) is 5.69 Å². The highest BCUT2D eigenvalue weighted by Gasteiger charge is 2.33. The van der Waals surface area contributed by atoms with E-state index in [1.165, 1.54) is 4.90 Å². The number of nitrogens with one attached hydrogen (secondary N) is 1. The largest absolute Gasteiger partial charge is 0.352 e. The molecule has 2 unspecified atom stereocenters. The first kappa shape index (κ1) is 29.9. The van der Waals surface area contributed by atoms with Gasteiger partial charge in [-0.05, 0) is 57.4 Å². The van der Waals surface area contributed by atoms with Crippen LogP contribution in [0.15, 0.2) is 36.4 Å². The van der Waals surface area contributed by atoms with Gasteiger partial charge in [0.25, 0.3) is 0 Å². The molecule has 0 bridgehead atoms. The summed E-state index contributed by atoms with van der Waals surface area (Å²) in [6.07, 6.45) is 2.10. The van der Waals surface area contributed by atoms with Gasteiger partial charge in [-0.1, -0.05) is 60.8 Å². The van der Waals surface area contributed by atoms with Crippen molar-refractivity contribution in [3.63, 3.8) is 0 Å². The van der Waals surface area contributed by atoms with Gasteiger partial charge in [0.1, 0.15) is 12.6 Å². The number of carbonyl (C=O) groups is 2. The number of sulfonamides is 1. The normalized spacial score (nSPS) is 13.1. The monoisotopic (exact) mass is 555 g/mol. The van der Waals surface area contributed by atoms with Gasteiger partial charge in [0, 0.05) is 28.2 Å². The average molecular weight is 557 g/mol. The number of anilines is 1. The van der Waals surface area contributed by atoms with Crippen LogP contribution < -0.4 is 9.62 Å². The molecule has 0 aromatic heterocycles. The Balaban J connectivity index is 2.53. The molecule has 0 spiro atoms. The van der Waals surface area contributed by atoms with Crippen molar-refractivity contribution in [2.75, 3.05) is 17.1 Å². The van der Waals surface area contributed by atoms with Crippen molar-refractivity contribution >= 4 is 50.7 Å². The summed E-state index contributed by atoms with van der Waals surface area (Å²) in [5.74, 6) is -0.858. The molecule has 2 atom stereocenters. The van der Waals surface area contributed by atoms with Gasteiger partial charge >= 0.3 is 0 Å². The van der Waals surface area contributed by atoms with Crippen LogP contribution in [-0.2, 0) is 26.2 Å². The molecule has 10 heteroatoms. The minimum Gasteiger partial charge on any atom is -0.352 e. The number of nitrogens with zero attached hydrogens (tertiary/aromatic N) is 2. The van der Waals surface area contributed by atoms with E-state index in [0.717, 1.165) is 28.1 Å². The van der Waals surface area contributed by atoms with Gasteiger partial charge in [-0.25, -0.2) is 8.42 Å². The van der Waals surface area contributed by atoms with Crippen LogP contribution in [0.1, 0.15) is 50.3 Å². The summed E-state index contributed by atoms with van der Waals surface area (Å²) in [5.41, 5.74) is 2.58. The number of benzene rings is 2. The molecule has 0 heterocycles. The Labute approximate surface area is 224 Å². The molecule has 7 nitrogen and oxygen atoms in total. The molecule has 2 amide bonds. The van der Waals surface area contributed by atoms with Crippen molar-refractivity contribution in [1.29, 1.82) is 0 Å². The van der Waals surface area contributed by atoms with E-state index in [0.29, 0.717) is 27.7 Å². The smallest absolute Gasteiger partial charge is 0.244 e. The maximum atomic E-state index is 13.8. The summed E-state index contributed by atoms with van der Waals surface area (Å²) >= 11 is 12.8. The van der Waals surface area contributed by atoms with E-state index in [9.17, 15) is 18.0 Å². The molecule has 198 valence electrons. The SMILES string of the molecule is CCC(C)NC(=O)C(CC)N(Cc1c(Cl)cccc1Cl)C(=O)CN(c1ccc(C)cc1C)S(C)(=O)=O. The standard InChI is InChI=1S/C26H35Cl2N3O4S/c1-7-19(5)29-26(33)23(8-2)30(15-20-21(27)10-9-11-22(20)28)25(32)16-31(36(6,34)35)24-13-12-17(3)14-18(24)4/h9-14,19,23H,7-8,15-16H2,1-6H3,(H,29,33). The first-order chi connectivity index (χ1) is 16.8. The molecule has 0 saturated heterocycles. The van der Waals surface area contributed by atoms with E-state index < -0.39 is 28.5 Å². The third-order valence-electron chi connectivity index (χ3n) is 6.08. The lowest BCUT2D eigenvalue weighted by molar-refractivity contribution is -0.140. The van der Waals surface area contributed by atoms with Crippen molar-refractivity contribution in [2.45, 2.75) is 66.1 Å². The fourth-order valence-electron chi connectivity index (χ4n) is 3.89. The first-order valence-electron chi connectivity index (χ1n) is 11.9. The molecule has 36 heavy (non-hydrogen) atoms. The third-order valence-corrected chi connectivity index (χ3v) is 7.91. The van der Waals surface area contributed by atoms with Crippen LogP contribution in [-0.4, -0.2) is 50.0 Å². The lowest BCUT2D eigenvalue weighted by atomic mass is 10.1. The summed E-state index contributed by atoms with van der Waals surface area (Å²) in [6.45, 7) is 8.81. The molecule has 0 radical (unpaired) electrons. The van der Waals surface area contributed by atoms with Crippen molar-refractivity contribution in [1.82, 2.24) is 10.2 Å². The van der Waals surface area contributed by atoms with Crippen LogP contribution in [0, 0.1) is 13.8 Å². The lowest BCUT2D eigenvalue weighted by Crippen LogP contribution is -2.53. The van der Waals surface area contributed by atoms with Gasteiger partial charge in [-0.15, -0.1) is 0 Å². The highest BCUT2D eigenvalue weighted by molar-refractivity contribution is 7.92. The number of carbonyl (C=O) groups excluding carboxylic acids is 2. The molecule has 2 rings (SSSR count). The van der Waals surface area contributed by atoms with E-state index in [1.54, 1.807) is 44.2 Å². The van der Waals surface area contributed by atoms with Gasteiger partial charge in [-0.2, -0.15) is 0 Å². The Bertz CT molecular complexity index is 1180. The van der Waals surface area contributed by atoms with Crippen LogP contribution in [0.3, 0.4) is 0 Å². The first-order valence-corrected chi connectivity index (χ1v) is 14.5. The number of rotatable bonds is 11. The third kappa shape index (κ3) is 7.60. The second-order valence-corrected chi connectivity index (χ2v) is 11.7. The molecule has 0 fully saturated rings. The highest BCUT2D eigenvalue weighted by Crippen LogP contribution is 2.28.